The van der Waals surface area contributed by atoms with E-state index < -0.39 is 17.7 Å². The molecule has 3 aromatic carbocycles. The smallest absolute Gasteiger partial charge is 0.321 e. The Hall–Kier alpha value is -3.04. The van der Waals surface area contributed by atoms with Crippen LogP contribution in [0.4, 0.5) is 11.4 Å². The molecule has 0 aliphatic heterocycles. The lowest BCUT2D eigenvalue weighted by Crippen LogP contribution is -2.36. The van der Waals surface area contributed by atoms with Crippen molar-refractivity contribution >= 4 is 90.7 Å². The van der Waals surface area contributed by atoms with Crippen LogP contribution in [0.25, 0.3) is 10.9 Å². The number of hydrogen-bond acceptors (Lipinski definition) is 3. The molecule has 3 amide bonds. The number of rotatable bonds is 4. The number of fused-ring (bicyclic) bond motifs is 1. The lowest BCUT2D eigenvalue weighted by molar-refractivity contribution is -0.133. The highest BCUT2D eigenvalue weighted by molar-refractivity contribution is 9.10. The van der Waals surface area contributed by atoms with E-state index in [0.717, 1.165) is 4.47 Å². The summed E-state index contributed by atoms with van der Waals surface area (Å²) < 4.78 is 2.02. The summed E-state index contributed by atoms with van der Waals surface area (Å²) in [7, 11) is 0. The van der Waals surface area contributed by atoms with Crippen LogP contribution in [0.15, 0.2) is 71.2 Å². The van der Waals surface area contributed by atoms with Crippen LogP contribution in [0.1, 0.15) is 10.5 Å². The molecule has 0 fully saturated rings. The van der Waals surface area contributed by atoms with Crippen LogP contribution in [-0.4, -0.2) is 22.4 Å². The van der Waals surface area contributed by atoms with Gasteiger partial charge in [0, 0.05) is 20.6 Å². The van der Waals surface area contributed by atoms with Gasteiger partial charge in [-0.05, 0) is 54.6 Å². The Labute approximate surface area is 217 Å². The lowest BCUT2D eigenvalue weighted by atomic mass is 10.2. The van der Waals surface area contributed by atoms with Gasteiger partial charge in [0.05, 0.1) is 21.2 Å². The Morgan fingerprint density at radius 3 is 2.35 bits per heavy atom. The predicted octanol–water partition coefficient (Wildman–Crippen LogP) is 6.33. The first-order chi connectivity index (χ1) is 16.2. The highest BCUT2D eigenvalue weighted by Crippen LogP contribution is 2.29. The van der Waals surface area contributed by atoms with Gasteiger partial charge in [-0.1, -0.05) is 62.9 Å². The summed E-state index contributed by atoms with van der Waals surface area (Å²) in [6, 6.07) is 18.1. The van der Waals surface area contributed by atoms with E-state index in [0.29, 0.717) is 21.6 Å². The van der Waals surface area contributed by atoms with Crippen molar-refractivity contribution in [1.82, 2.24) is 4.68 Å². The van der Waals surface area contributed by atoms with E-state index in [1.165, 1.54) is 10.7 Å². The third-order valence-corrected chi connectivity index (χ3v) is 6.25. The Balaban J connectivity index is 1.64. The minimum atomic E-state index is -1.02. The molecule has 0 aliphatic rings. The van der Waals surface area contributed by atoms with Crippen LogP contribution in [0.2, 0.25) is 15.1 Å². The molecule has 0 radical (unpaired) electrons. The van der Waals surface area contributed by atoms with Crippen LogP contribution in [0, 0.1) is 0 Å². The fourth-order valence-corrected chi connectivity index (χ4v) is 4.08. The zero-order valence-electron chi connectivity index (χ0n) is 17.0. The Morgan fingerprint density at radius 1 is 0.824 bits per heavy atom. The Morgan fingerprint density at radius 2 is 1.59 bits per heavy atom. The maximum Gasteiger partial charge on any atom is 0.328 e. The average Bonchev–Trinajstić information content (AvgIpc) is 3.14. The molecular weight excluding hydrogens is 567 g/mol. The molecule has 0 spiro atoms. The Bertz CT molecular complexity index is 1450. The molecule has 0 saturated heterocycles. The van der Waals surface area contributed by atoms with Crippen LogP contribution in [0.5, 0.6) is 0 Å². The normalized spacial score (nSPS) is 10.7. The molecule has 34 heavy (non-hydrogen) atoms. The van der Waals surface area contributed by atoms with Gasteiger partial charge in [0.15, 0.2) is 0 Å². The zero-order chi connectivity index (χ0) is 24.4. The molecule has 11 heteroatoms. The molecule has 1 heterocycles. The van der Waals surface area contributed by atoms with Crippen LogP contribution in [0.3, 0.4) is 0 Å². The molecule has 1 aromatic heterocycles. The first-order valence-corrected chi connectivity index (χ1v) is 11.6. The van der Waals surface area contributed by atoms with Crippen molar-refractivity contribution in [2.75, 3.05) is 16.1 Å². The van der Waals surface area contributed by atoms with E-state index in [1.807, 2.05) is 0 Å². The minimum Gasteiger partial charge on any atom is -0.321 e. The van der Waals surface area contributed by atoms with Gasteiger partial charge in [-0.15, -0.1) is 0 Å². The molecule has 0 aliphatic carbocycles. The van der Waals surface area contributed by atoms with Crippen molar-refractivity contribution in [2.24, 2.45) is 0 Å². The van der Waals surface area contributed by atoms with E-state index in [2.05, 4.69) is 32.0 Å². The van der Waals surface area contributed by atoms with Gasteiger partial charge in [0.1, 0.15) is 5.69 Å². The number of benzene rings is 3. The number of nitrogens with one attached hydrogen (secondary N) is 3. The van der Waals surface area contributed by atoms with Gasteiger partial charge < -0.3 is 10.6 Å². The van der Waals surface area contributed by atoms with Gasteiger partial charge in [0.2, 0.25) is 0 Å². The number of amides is 3. The summed E-state index contributed by atoms with van der Waals surface area (Å²) >= 11 is 21.4. The van der Waals surface area contributed by atoms with Gasteiger partial charge >= 0.3 is 11.8 Å². The molecule has 172 valence electrons. The number of hydrogen-bond donors (Lipinski definition) is 3. The lowest BCUT2D eigenvalue weighted by Gasteiger charge is -2.13. The quantitative estimate of drug-likeness (QED) is 0.247. The second-order valence-corrected chi connectivity index (χ2v) is 9.17. The summed E-state index contributed by atoms with van der Waals surface area (Å²) in [6.45, 7) is 0. The van der Waals surface area contributed by atoms with E-state index in [4.69, 9.17) is 34.8 Å². The molecule has 4 aromatic rings. The largest absolute Gasteiger partial charge is 0.328 e. The van der Waals surface area contributed by atoms with Gasteiger partial charge in [0.25, 0.3) is 5.91 Å². The van der Waals surface area contributed by atoms with Crippen molar-refractivity contribution in [3.8, 4) is 0 Å². The monoisotopic (exact) mass is 578 g/mol. The van der Waals surface area contributed by atoms with E-state index in [1.54, 1.807) is 60.7 Å². The average molecular weight is 581 g/mol. The number of aromatic nitrogens is 1. The molecule has 3 N–H and O–H groups in total. The van der Waals surface area contributed by atoms with E-state index in [-0.39, 0.29) is 21.4 Å². The third-order valence-electron chi connectivity index (χ3n) is 4.70. The second kappa shape index (κ2) is 10.1. The van der Waals surface area contributed by atoms with Crippen LogP contribution >= 0.6 is 50.7 Å². The van der Waals surface area contributed by atoms with Crippen LogP contribution < -0.4 is 16.1 Å². The van der Waals surface area contributed by atoms with Gasteiger partial charge in [-0.3, -0.25) is 19.8 Å². The zero-order valence-corrected chi connectivity index (χ0v) is 20.9. The van der Waals surface area contributed by atoms with Crippen molar-refractivity contribution in [1.29, 1.82) is 0 Å². The first-order valence-electron chi connectivity index (χ1n) is 9.67. The first kappa shape index (κ1) is 24.1. The van der Waals surface area contributed by atoms with Gasteiger partial charge in [-0.25, -0.2) is 4.68 Å². The third kappa shape index (κ3) is 5.20. The molecule has 0 atom stereocenters. The fourth-order valence-electron chi connectivity index (χ4n) is 3.17. The molecular formula is C23H14BrCl3N4O3. The molecule has 0 bridgehead atoms. The van der Waals surface area contributed by atoms with E-state index in [9.17, 15) is 14.4 Å². The standard InChI is InChI=1S/C23H14BrCl3N4O3/c24-13-7-8-18-12(9-13)10-19(21(32)28-15-4-1-3-14(25)11-15)31(18)30-23(34)22(33)29-17-6-2-5-16(26)20(17)27/h1-11H,(H,28,32)(H,29,33)(H,30,34). The highest BCUT2D eigenvalue weighted by Gasteiger charge is 2.22. The number of carbonyl (C=O) groups excluding carboxylic acids is 3. The number of halogens is 4. The van der Waals surface area contributed by atoms with Crippen molar-refractivity contribution in [3.63, 3.8) is 0 Å². The molecule has 4 rings (SSSR count). The molecule has 0 saturated carbocycles. The topological polar surface area (TPSA) is 92.2 Å². The number of nitrogens with zero attached hydrogens (tertiary/aromatic N) is 1. The second-order valence-electron chi connectivity index (χ2n) is 7.03. The number of carbonyl (C=O) groups is 3. The predicted molar refractivity (Wildman–Crippen MR) is 139 cm³/mol. The maximum atomic E-state index is 13.1. The van der Waals surface area contributed by atoms with Crippen molar-refractivity contribution in [2.45, 2.75) is 0 Å². The van der Waals surface area contributed by atoms with Crippen molar-refractivity contribution in [3.05, 3.63) is 92.0 Å². The summed E-state index contributed by atoms with van der Waals surface area (Å²) in [6.07, 6.45) is 0. The summed E-state index contributed by atoms with van der Waals surface area (Å²) in [5, 5.41) is 6.57. The summed E-state index contributed by atoms with van der Waals surface area (Å²) in [5.74, 6) is -2.54. The van der Waals surface area contributed by atoms with E-state index >= 15 is 0 Å². The fraction of sp³-hybridized carbons (Fsp3) is 0. The van der Waals surface area contributed by atoms with Crippen LogP contribution in [-0.2, 0) is 9.59 Å². The Kier molecular flexibility index (Phi) is 7.13. The minimum absolute atomic E-state index is 0.0926. The maximum absolute atomic E-state index is 13.1. The van der Waals surface area contributed by atoms with Gasteiger partial charge in [-0.2, -0.15) is 0 Å². The van der Waals surface area contributed by atoms with Crippen molar-refractivity contribution < 1.29 is 14.4 Å². The number of anilines is 2. The molecule has 0 unspecified atom stereocenters. The molecule has 7 nitrogen and oxygen atoms in total. The summed E-state index contributed by atoms with van der Waals surface area (Å²) in [5.41, 5.74) is 3.71. The highest BCUT2D eigenvalue weighted by atomic mass is 79.9. The SMILES string of the molecule is O=C(Nc1cccc(Cl)c1Cl)C(=O)Nn1c(C(=O)Nc2cccc(Cl)c2)cc2cc(Br)ccc21. The summed E-state index contributed by atoms with van der Waals surface area (Å²) in [4.78, 5) is 38.3.